The number of nitrogens with zero attached hydrogens (tertiary/aromatic N) is 3. The van der Waals surface area contributed by atoms with E-state index in [1.165, 1.54) is 34.7 Å². The largest absolute Gasteiger partial charge is 0.336 e. The number of carbonyl (C=O) groups excluding carboxylic acids is 1. The fourth-order valence-corrected chi connectivity index (χ4v) is 3.20. The SMILES string of the molecule is O=C(Cn1cnc2cc(F)ccc2c1=O)N1CCc2ccccc2C1. The van der Waals surface area contributed by atoms with Crippen LogP contribution in [0.15, 0.2) is 53.6 Å². The maximum Gasteiger partial charge on any atom is 0.261 e. The molecule has 0 atom stereocenters. The highest BCUT2D eigenvalue weighted by atomic mass is 19.1. The van der Waals surface area contributed by atoms with Crippen LogP contribution in [-0.2, 0) is 24.3 Å². The van der Waals surface area contributed by atoms with Crippen LogP contribution in [0.3, 0.4) is 0 Å². The summed E-state index contributed by atoms with van der Waals surface area (Å²) >= 11 is 0. The maximum absolute atomic E-state index is 13.2. The molecule has 25 heavy (non-hydrogen) atoms. The van der Waals surface area contributed by atoms with Crippen LogP contribution in [-0.4, -0.2) is 26.9 Å². The molecule has 0 fully saturated rings. The van der Waals surface area contributed by atoms with Gasteiger partial charge in [-0.05, 0) is 29.7 Å². The number of hydrogen-bond acceptors (Lipinski definition) is 3. The van der Waals surface area contributed by atoms with E-state index in [9.17, 15) is 14.0 Å². The Morgan fingerprint density at radius 3 is 2.80 bits per heavy atom. The highest BCUT2D eigenvalue weighted by molar-refractivity contribution is 5.79. The van der Waals surface area contributed by atoms with Crippen molar-refractivity contribution in [1.82, 2.24) is 14.5 Å². The van der Waals surface area contributed by atoms with Crippen molar-refractivity contribution in [2.75, 3.05) is 6.54 Å². The first kappa shape index (κ1) is 15.5. The van der Waals surface area contributed by atoms with Crippen molar-refractivity contribution in [1.29, 1.82) is 0 Å². The maximum atomic E-state index is 13.2. The molecule has 3 aromatic rings. The van der Waals surface area contributed by atoms with Crippen LogP contribution in [0.4, 0.5) is 4.39 Å². The topological polar surface area (TPSA) is 55.2 Å². The number of rotatable bonds is 2. The molecule has 0 unspecified atom stereocenters. The molecule has 1 aromatic heterocycles. The van der Waals surface area contributed by atoms with Gasteiger partial charge < -0.3 is 4.90 Å². The minimum atomic E-state index is -0.444. The predicted molar refractivity (Wildman–Crippen MR) is 91.5 cm³/mol. The minimum Gasteiger partial charge on any atom is -0.336 e. The quantitative estimate of drug-likeness (QED) is 0.720. The third-order valence-corrected chi connectivity index (χ3v) is 4.58. The average molecular weight is 337 g/mol. The Balaban J connectivity index is 1.57. The second-order valence-corrected chi connectivity index (χ2v) is 6.17. The van der Waals surface area contributed by atoms with E-state index in [-0.39, 0.29) is 18.0 Å². The molecule has 5 nitrogen and oxygen atoms in total. The van der Waals surface area contributed by atoms with Gasteiger partial charge in [0.05, 0.1) is 17.2 Å². The number of fused-ring (bicyclic) bond motifs is 2. The molecule has 1 aliphatic rings. The highest BCUT2D eigenvalue weighted by Gasteiger charge is 2.21. The van der Waals surface area contributed by atoms with Crippen LogP contribution in [0, 0.1) is 5.82 Å². The van der Waals surface area contributed by atoms with Crippen molar-refractivity contribution in [2.24, 2.45) is 0 Å². The van der Waals surface area contributed by atoms with Gasteiger partial charge in [-0.3, -0.25) is 14.2 Å². The average Bonchev–Trinajstić information content (AvgIpc) is 2.63. The van der Waals surface area contributed by atoms with Gasteiger partial charge in [-0.25, -0.2) is 9.37 Å². The zero-order valence-corrected chi connectivity index (χ0v) is 13.5. The fraction of sp³-hybridized carbons (Fsp3) is 0.211. The van der Waals surface area contributed by atoms with Crippen molar-refractivity contribution in [2.45, 2.75) is 19.5 Å². The second-order valence-electron chi connectivity index (χ2n) is 6.17. The molecule has 0 spiro atoms. The van der Waals surface area contributed by atoms with Crippen molar-refractivity contribution < 1.29 is 9.18 Å². The Bertz CT molecular complexity index is 1030. The molecule has 2 heterocycles. The van der Waals surface area contributed by atoms with Gasteiger partial charge >= 0.3 is 0 Å². The molecule has 1 amide bonds. The van der Waals surface area contributed by atoms with E-state index in [0.717, 1.165) is 12.0 Å². The standard InChI is InChI=1S/C19H16FN3O2/c20-15-5-6-16-17(9-15)21-12-23(19(16)25)11-18(24)22-8-7-13-3-1-2-4-14(13)10-22/h1-6,9,12H,7-8,10-11H2. The van der Waals surface area contributed by atoms with Gasteiger partial charge in [0.2, 0.25) is 5.91 Å². The molecule has 1 aliphatic heterocycles. The van der Waals surface area contributed by atoms with E-state index in [4.69, 9.17) is 0 Å². The third-order valence-electron chi connectivity index (χ3n) is 4.58. The Morgan fingerprint density at radius 2 is 1.96 bits per heavy atom. The Kier molecular flexibility index (Phi) is 3.80. The molecular formula is C19H16FN3O2. The van der Waals surface area contributed by atoms with E-state index in [0.29, 0.717) is 24.0 Å². The van der Waals surface area contributed by atoms with E-state index < -0.39 is 5.82 Å². The molecule has 0 N–H and O–H groups in total. The lowest BCUT2D eigenvalue weighted by atomic mass is 10.00. The summed E-state index contributed by atoms with van der Waals surface area (Å²) in [5, 5.41) is 0.306. The molecule has 2 aromatic carbocycles. The lowest BCUT2D eigenvalue weighted by molar-refractivity contribution is -0.132. The number of aromatic nitrogens is 2. The van der Waals surface area contributed by atoms with Gasteiger partial charge in [0, 0.05) is 19.2 Å². The van der Waals surface area contributed by atoms with Crippen molar-refractivity contribution >= 4 is 16.8 Å². The van der Waals surface area contributed by atoms with E-state index >= 15 is 0 Å². The molecule has 4 rings (SSSR count). The van der Waals surface area contributed by atoms with Gasteiger partial charge in [-0.15, -0.1) is 0 Å². The molecule has 126 valence electrons. The molecule has 0 saturated carbocycles. The lowest BCUT2D eigenvalue weighted by Gasteiger charge is -2.29. The van der Waals surface area contributed by atoms with Gasteiger partial charge in [-0.1, -0.05) is 24.3 Å². The van der Waals surface area contributed by atoms with Gasteiger partial charge in [0.25, 0.3) is 5.56 Å². The molecule has 0 aliphatic carbocycles. The first-order chi connectivity index (χ1) is 12.1. The van der Waals surface area contributed by atoms with E-state index in [2.05, 4.69) is 11.1 Å². The predicted octanol–water partition coefficient (Wildman–Crippen LogP) is 2.12. The normalized spacial score (nSPS) is 13.7. The zero-order chi connectivity index (χ0) is 17.4. The number of carbonyl (C=O) groups is 1. The fourth-order valence-electron chi connectivity index (χ4n) is 3.20. The van der Waals surface area contributed by atoms with Gasteiger partial charge in [0.1, 0.15) is 12.4 Å². The van der Waals surface area contributed by atoms with Crippen LogP contribution >= 0.6 is 0 Å². The van der Waals surface area contributed by atoms with Crippen molar-refractivity contribution in [3.05, 3.63) is 76.1 Å². The summed E-state index contributed by atoms with van der Waals surface area (Å²) in [5.41, 5.74) is 2.36. The molecule has 0 bridgehead atoms. The third kappa shape index (κ3) is 2.91. The number of halogens is 1. The van der Waals surface area contributed by atoms with E-state index in [1.807, 2.05) is 18.2 Å². The van der Waals surface area contributed by atoms with Crippen LogP contribution in [0.25, 0.3) is 10.9 Å². The van der Waals surface area contributed by atoms with Crippen LogP contribution in [0.5, 0.6) is 0 Å². The molecule has 0 radical (unpaired) electrons. The Hall–Kier alpha value is -3.02. The first-order valence-electron chi connectivity index (χ1n) is 8.11. The smallest absolute Gasteiger partial charge is 0.261 e. The second kappa shape index (κ2) is 6.12. The van der Waals surface area contributed by atoms with Crippen LogP contribution in [0.2, 0.25) is 0 Å². The zero-order valence-electron chi connectivity index (χ0n) is 13.5. The van der Waals surface area contributed by atoms with Crippen molar-refractivity contribution in [3.8, 4) is 0 Å². The summed E-state index contributed by atoms with van der Waals surface area (Å²) < 4.78 is 14.5. The molecular weight excluding hydrogens is 321 g/mol. The van der Waals surface area contributed by atoms with Crippen LogP contribution < -0.4 is 5.56 Å². The summed E-state index contributed by atoms with van der Waals surface area (Å²) in [4.78, 5) is 30.9. The van der Waals surface area contributed by atoms with E-state index in [1.54, 1.807) is 4.90 Å². The summed E-state index contributed by atoms with van der Waals surface area (Å²) in [7, 11) is 0. The van der Waals surface area contributed by atoms with Crippen molar-refractivity contribution in [3.63, 3.8) is 0 Å². The van der Waals surface area contributed by atoms with Crippen LogP contribution in [0.1, 0.15) is 11.1 Å². The number of benzene rings is 2. The summed E-state index contributed by atoms with van der Waals surface area (Å²) in [6.45, 7) is 1.12. The number of amides is 1. The first-order valence-corrected chi connectivity index (χ1v) is 8.11. The lowest BCUT2D eigenvalue weighted by Crippen LogP contribution is -2.39. The Morgan fingerprint density at radius 1 is 1.16 bits per heavy atom. The summed E-state index contributed by atoms with van der Waals surface area (Å²) in [6, 6.07) is 11.9. The van der Waals surface area contributed by atoms with Gasteiger partial charge in [0.15, 0.2) is 0 Å². The molecule has 6 heteroatoms. The molecule has 0 saturated heterocycles. The monoisotopic (exact) mass is 337 g/mol. The minimum absolute atomic E-state index is 0.0681. The Labute approximate surface area is 143 Å². The van der Waals surface area contributed by atoms with Gasteiger partial charge in [-0.2, -0.15) is 0 Å². The summed E-state index contributed by atoms with van der Waals surface area (Å²) in [5.74, 6) is -0.569. The number of hydrogen-bond donors (Lipinski definition) is 0. The summed E-state index contributed by atoms with van der Waals surface area (Å²) in [6.07, 6.45) is 2.12. The highest BCUT2D eigenvalue weighted by Crippen LogP contribution is 2.18.